The molecule has 0 aromatic heterocycles. The van der Waals surface area contributed by atoms with Crippen molar-refractivity contribution in [2.75, 3.05) is 0 Å². The number of hydrogen-bond acceptors (Lipinski definition) is 2. The Labute approximate surface area is 217 Å². The van der Waals surface area contributed by atoms with Crippen LogP contribution in [0.3, 0.4) is 0 Å². The van der Waals surface area contributed by atoms with Gasteiger partial charge in [0.1, 0.15) is 0 Å². The Morgan fingerprint density at radius 3 is 1.26 bits per heavy atom. The van der Waals surface area contributed by atoms with Gasteiger partial charge in [0, 0.05) is 11.1 Å². The van der Waals surface area contributed by atoms with Gasteiger partial charge in [-0.15, -0.1) is 0 Å². The van der Waals surface area contributed by atoms with Crippen LogP contribution in [-0.2, 0) is 9.59 Å². The Balaban J connectivity index is 0. The summed E-state index contributed by atoms with van der Waals surface area (Å²) in [5.41, 5.74) is 0.829. The number of aliphatic carboxylic acids is 2. The summed E-state index contributed by atoms with van der Waals surface area (Å²) in [6.45, 7) is 9.69. The van der Waals surface area contributed by atoms with Crippen LogP contribution in [0.25, 0.3) is 0 Å². The summed E-state index contributed by atoms with van der Waals surface area (Å²) in [5, 5.41) is 17.3. The monoisotopic (exact) mass is 494 g/mol. The number of allylic oxidation sites excluding steroid dienone is 1. The molecule has 4 heteroatoms. The second kappa shape index (κ2) is 28.7. The Hall–Kier alpha value is -1.58. The van der Waals surface area contributed by atoms with E-state index >= 15 is 0 Å². The third kappa shape index (κ3) is 30.4. The molecule has 35 heavy (non-hydrogen) atoms. The molecule has 0 aliphatic rings. The summed E-state index contributed by atoms with van der Waals surface area (Å²) in [7, 11) is 0. The Morgan fingerprint density at radius 2 is 0.914 bits per heavy atom. The van der Waals surface area contributed by atoms with Crippen molar-refractivity contribution in [3.63, 3.8) is 0 Å². The molecule has 4 nitrogen and oxygen atoms in total. The van der Waals surface area contributed by atoms with Crippen molar-refractivity contribution in [1.82, 2.24) is 0 Å². The number of carboxylic acid groups (broad SMARTS) is 2. The summed E-state index contributed by atoms with van der Waals surface area (Å²) in [6, 6.07) is 0. The number of carboxylic acids is 2. The van der Waals surface area contributed by atoms with Crippen LogP contribution >= 0.6 is 0 Å². The predicted octanol–water partition coefficient (Wildman–Crippen LogP) is 10.3. The maximum Gasteiger partial charge on any atom is 0.330 e. The lowest BCUT2D eigenvalue weighted by atomic mass is 10.0. The summed E-state index contributed by atoms with van der Waals surface area (Å²) in [5.74, 6) is -1.64. The SMILES string of the molecule is C=C(CCCCCCCCCCCC)C(=O)O.CCCCCCCCCCCC/C=C(\C)C(=O)O. The molecule has 0 unspecified atom stereocenters. The molecule has 0 spiro atoms. The maximum atomic E-state index is 10.5. The van der Waals surface area contributed by atoms with Crippen LogP contribution in [-0.4, -0.2) is 22.2 Å². The molecular weight excluding hydrogens is 436 g/mol. The van der Waals surface area contributed by atoms with Gasteiger partial charge in [-0.2, -0.15) is 0 Å². The molecule has 0 saturated carbocycles. The van der Waals surface area contributed by atoms with Gasteiger partial charge in [0.2, 0.25) is 0 Å². The van der Waals surface area contributed by atoms with E-state index in [0.717, 1.165) is 25.7 Å². The molecule has 0 atom stereocenters. The molecule has 0 saturated heterocycles. The minimum atomic E-state index is -0.846. The molecule has 0 amide bonds. The minimum absolute atomic E-state index is 0.351. The molecule has 206 valence electrons. The lowest BCUT2D eigenvalue weighted by Gasteiger charge is -2.02. The maximum absolute atomic E-state index is 10.5. The van der Waals surface area contributed by atoms with Gasteiger partial charge < -0.3 is 10.2 Å². The average molecular weight is 495 g/mol. The zero-order valence-electron chi connectivity index (χ0n) is 23.6. The largest absolute Gasteiger partial charge is 0.478 e. The van der Waals surface area contributed by atoms with E-state index in [1.165, 1.54) is 109 Å². The second-order valence-electron chi connectivity index (χ2n) is 10.0. The molecule has 0 heterocycles. The van der Waals surface area contributed by atoms with Crippen LogP contribution < -0.4 is 0 Å². The van der Waals surface area contributed by atoms with Crippen molar-refractivity contribution in [2.45, 2.75) is 162 Å². The number of hydrogen-bond donors (Lipinski definition) is 2. The van der Waals surface area contributed by atoms with E-state index in [9.17, 15) is 9.59 Å². The third-order valence-electron chi connectivity index (χ3n) is 6.48. The van der Waals surface area contributed by atoms with E-state index < -0.39 is 11.9 Å². The highest BCUT2D eigenvalue weighted by Gasteiger charge is 2.02. The fourth-order valence-electron chi connectivity index (χ4n) is 3.97. The number of carbonyl (C=O) groups is 2. The Kier molecular flexibility index (Phi) is 29.1. The molecular formula is C31H58O4. The van der Waals surface area contributed by atoms with Crippen molar-refractivity contribution in [3.8, 4) is 0 Å². The van der Waals surface area contributed by atoms with E-state index in [2.05, 4.69) is 20.4 Å². The molecule has 0 aromatic carbocycles. The van der Waals surface area contributed by atoms with Crippen molar-refractivity contribution in [2.24, 2.45) is 0 Å². The molecule has 2 N–H and O–H groups in total. The molecule has 0 radical (unpaired) electrons. The smallest absolute Gasteiger partial charge is 0.330 e. The van der Waals surface area contributed by atoms with Gasteiger partial charge in [-0.25, -0.2) is 9.59 Å². The highest BCUT2D eigenvalue weighted by Crippen LogP contribution is 2.13. The summed E-state index contributed by atoms with van der Waals surface area (Å²) in [6.07, 6.45) is 29.5. The van der Waals surface area contributed by atoms with Gasteiger partial charge in [-0.3, -0.25) is 0 Å². The zero-order chi connectivity index (χ0) is 26.6. The van der Waals surface area contributed by atoms with Crippen LogP contribution in [0, 0.1) is 0 Å². The fraction of sp³-hybridized carbons (Fsp3) is 0.806. The van der Waals surface area contributed by atoms with E-state index in [4.69, 9.17) is 10.2 Å². The van der Waals surface area contributed by atoms with Gasteiger partial charge in [-0.05, 0) is 32.6 Å². The van der Waals surface area contributed by atoms with E-state index in [1.807, 2.05) is 6.08 Å². The summed E-state index contributed by atoms with van der Waals surface area (Å²) >= 11 is 0. The first-order valence-electron chi connectivity index (χ1n) is 14.7. The van der Waals surface area contributed by atoms with Crippen LogP contribution in [0.5, 0.6) is 0 Å². The summed E-state index contributed by atoms with van der Waals surface area (Å²) in [4.78, 5) is 21.0. The van der Waals surface area contributed by atoms with Crippen LogP contribution in [0.4, 0.5) is 0 Å². The highest BCUT2D eigenvalue weighted by atomic mass is 16.4. The first-order valence-corrected chi connectivity index (χ1v) is 14.7. The molecule has 0 aromatic rings. The van der Waals surface area contributed by atoms with Crippen LogP contribution in [0.1, 0.15) is 162 Å². The molecule has 0 rings (SSSR count). The average Bonchev–Trinajstić information content (AvgIpc) is 2.83. The Morgan fingerprint density at radius 1 is 0.571 bits per heavy atom. The van der Waals surface area contributed by atoms with Gasteiger partial charge in [-0.1, -0.05) is 142 Å². The fourth-order valence-corrected chi connectivity index (χ4v) is 3.97. The highest BCUT2D eigenvalue weighted by molar-refractivity contribution is 5.86. The normalized spacial score (nSPS) is 11.1. The minimum Gasteiger partial charge on any atom is -0.478 e. The van der Waals surface area contributed by atoms with Gasteiger partial charge in [0.15, 0.2) is 0 Å². The Bertz CT molecular complexity index is 536. The van der Waals surface area contributed by atoms with Crippen molar-refractivity contribution >= 4 is 11.9 Å². The van der Waals surface area contributed by atoms with Gasteiger partial charge in [0.25, 0.3) is 0 Å². The van der Waals surface area contributed by atoms with E-state index in [0.29, 0.717) is 17.6 Å². The first kappa shape index (κ1) is 35.6. The van der Waals surface area contributed by atoms with Gasteiger partial charge >= 0.3 is 11.9 Å². The van der Waals surface area contributed by atoms with Crippen molar-refractivity contribution in [1.29, 1.82) is 0 Å². The molecule has 0 fully saturated rings. The quantitative estimate of drug-likeness (QED) is 0.103. The second-order valence-corrected chi connectivity index (χ2v) is 10.0. The van der Waals surface area contributed by atoms with E-state index in [1.54, 1.807) is 6.92 Å². The van der Waals surface area contributed by atoms with Crippen molar-refractivity contribution in [3.05, 3.63) is 23.8 Å². The van der Waals surface area contributed by atoms with Crippen molar-refractivity contribution < 1.29 is 19.8 Å². The molecule has 0 bridgehead atoms. The zero-order valence-corrected chi connectivity index (χ0v) is 23.6. The van der Waals surface area contributed by atoms with E-state index in [-0.39, 0.29) is 0 Å². The van der Waals surface area contributed by atoms with Crippen LogP contribution in [0.15, 0.2) is 23.8 Å². The number of unbranched alkanes of at least 4 members (excludes halogenated alkanes) is 19. The lowest BCUT2D eigenvalue weighted by Crippen LogP contribution is -1.98. The molecule has 0 aliphatic carbocycles. The van der Waals surface area contributed by atoms with Gasteiger partial charge in [0.05, 0.1) is 0 Å². The third-order valence-corrected chi connectivity index (χ3v) is 6.48. The predicted molar refractivity (Wildman–Crippen MR) is 151 cm³/mol. The molecule has 0 aliphatic heterocycles. The van der Waals surface area contributed by atoms with Crippen LogP contribution in [0.2, 0.25) is 0 Å². The standard InChI is InChI=1S/C16H30O2.C15H28O2/c1-3-4-5-6-7-8-9-10-11-12-13-14-15(2)16(17)18;1-3-4-5-6-7-8-9-10-11-12-13-14(2)15(16)17/h14H,3-13H2,1-2H3,(H,17,18);2-13H2,1H3,(H,16,17)/b15-14+;. The number of rotatable bonds is 24. The lowest BCUT2D eigenvalue weighted by molar-refractivity contribution is -0.133. The topological polar surface area (TPSA) is 74.6 Å². The summed E-state index contributed by atoms with van der Waals surface area (Å²) < 4.78 is 0. The first-order chi connectivity index (χ1) is 16.9.